The zero-order valence-corrected chi connectivity index (χ0v) is 12.6. The van der Waals surface area contributed by atoms with E-state index >= 15 is 0 Å². The average molecular weight is 320 g/mol. The second-order valence-electron chi connectivity index (χ2n) is 4.37. The first-order valence-corrected chi connectivity index (χ1v) is 6.95. The first kappa shape index (κ1) is 13.9. The van der Waals surface area contributed by atoms with Gasteiger partial charge in [0, 0.05) is 12.4 Å². The van der Waals surface area contributed by atoms with E-state index < -0.39 is 0 Å². The Morgan fingerprint density at radius 2 is 2.05 bits per heavy atom. The van der Waals surface area contributed by atoms with Crippen molar-refractivity contribution in [3.8, 4) is 5.82 Å². The monoisotopic (exact) mass is 319 g/mol. The molecule has 1 N–H and O–H groups in total. The Morgan fingerprint density at radius 3 is 2.76 bits per heavy atom. The van der Waals surface area contributed by atoms with Crippen LogP contribution in [-0.4, -0.2) is 19.7 Å². The highest BCUT2D eigenvalue weighted by Crippen LogP contribution is 2.27. The van der Waals surface area contributed by atoms with Gasteiger partial charge in [-0.25, -0.2) is 14.6 Å². The molecule has 0 radical (unpaired) electrons. The Hall–Kier alpha value is -2.11. The number of rotatable bonds is 3. The molecule has 0 bridgehead atoms. The Morgan fingerprint density at radius 1 is 1.19 bits per heavy atom. The minimum Gasteiger partial charge on any atom is -0.336 e. The Balaban J connectivity index is 1.91. The van der Waals surface area contributed by atoms with Crippen LogP contribution in [0.15, 0.2) is 42.9 Å². The van der Waals surface area contributed by atoms with E-state index in [4.69, 9.17) is 23.2 Å². The van der Waals surface area contributed by atoms with Gasteiger partial charge in [-0.1, -0.05) is 29.3 Å². The quantitative estimate of drug-likeness (QED) is 0.792. The number of aryl methyl sites for hydroxylation is 1. The van der Waals surface area contributed by atoms with Crippen LogP contribution in [0.1, 0.15) is 5.69 Å². The summed E-state index contributed by atoms with van der Waals surface area (Å²) < 4.78 is 1.70. The molecular weight excluding hydrogens is 309 g/mol. The van der Waals surface area contributed by atoms with Gasteiger partial charge in [0.15, 0.2) is 5.82 Å². The lowest BCUT2D eigenvalue weighted by Gasteiger charge is -2.05. The van der Waals surface area contributed by atoms with Crippen LogP contribution in [0.3, 0.4) is 0 Å². The molecule has 0 aromatic carbocycles. The van der Waals surface area contributed by atoms with Crippen LogP contribution >= 0.6 is 23.2 Å². The van der Waals surface area contributed by atoms with Crippen LogP contribution in [0.4, 0.5) is 11.5 Å². The summed E-state index contributed by atoms with van der Waals surface area (Å²) in [5.74, 6) is 1.27. The van der Waals surface area contributed by atoms with E-state index in [1.807, 2.05) is 31.3 Å². The standard InChI is InChI=1S/C14H11Cl2N5/c1-9-12(19-14-11(16)6-10(15)7-18-14)8-21(20-9)13-4-2-3-5-17-13/h2-8H,1H3,(H,18,19). The molecule has 7 heteroatoms. The van der Waals surface area contributed by atoms with Gasteiger partial charge in [0.2, 0.25) is 0 Å². The molecule has 3 heterocycles. The number of anilines is 2. The summed E-state index contributed by atoms with van der Waals surface area (Å²) in [6, 6.07) is 7.28. The maximum atomic E-state index is 6.11. The molecule has 3 rings (SSSR count). The molecule has 0 spiro atoms. The van der Waals surface area contributed by atoms with Gasteiger partial charge in [-0.15, -0.1) is 0 Å². The molecule has 0 fully saturated rings. The maximum Gasteiger partial charge on any atom is 0.153 e. The Bertz CT molecular complexity index is 770. The third-order valence-electron chi connectivity index (χ3n) is 2.84. The minimum atomic E-state index is 0.451. The number of hydrogen-bond acceptors (Lipinski definition) is 4. The number of aromatic nitrogens is 4. The van der Waals surface area contributed by atoms with Crippen molar-refractivity contribution in [2.24, 2.45) is 0 Å². The Kier molecular flexibility index (Phi) is 3.77. The molecule has 21 heavy (non-hydrogen) atoms. The van der Waals surface area contributed by atoms with E-state index in [-0.39, 0.29) is 0 Å². The first-order valence-electron chi connectivity index (χ1n) is 6.19. The molecule has 0 amide bonds. The first-order chi connectivity index (χ1) is 10.1. The van der Waals surface area contributed by atoms with Gasteiger partial charge in [0.05, 0.1) is 27.6 Å². The third-order valence-corrected chi connectivity index (χ3v) is 3.34. The molecule has 0 saturated heterocycles. The molecule has 5 nitrogen and oxygen atoms in total. The predicted molar refractivity (Wildman–Crippen MR) is 83.6 cm³/mol. The number of pyridine rings is 2. The van der Waals surface area contributed by atoms with Crippen LogP contribution < -0.4 is 5.32 Å². The van der Waals surface area contributed by atoms with Gasteiger partial charge in [0.25, 0.3) is 0 Å². The highest BCUT2D eigenvalue weighted by Gasteiger charge is 2.10. The van der Waals surface area contributed by atoms with Crippen LogP contribution in [0.2, 0.25) is 10.0 Å². The van der Waals surface area contributed by atoms with Crippen LogP contribution in [0.25, 0.3) is 5.82 Å². The molecule has 3 aromatic rings. The average Bonchev–Trinajstić information content (AvgIpc) is 2.84. The fourth-order valence-corrected chi connectivity index (χ4v) is 2.25. The van der Waals surface area contributed by atoms with Crippen molar-refractivity contribution in [3.05, 3.63) is 58.6 Å². The predicted octanol–water partition coefficient (Wildman–Crippen LogP) is 4.02. The number of nitrogens with zero attached hydrogens (tertiary/aromatic N) is 4. The third kappa shape index (κ3) is 2.99. The SMILES string of the molecule is Cc1nn(-c2ccccn2)cc1Nc1ncc(Cl)cc1Cl. The fourth-order valence-electron chi connectivity index (χ4n) is 1.82. The van der Waals surface area contributed by atoms with Gasteiger partial charge >= 0.3 is 0 Å². The lowest BCUT2D eigenvalue weighted by atomic mass is 10.4. The number of halogens is 2. The van der Waals surface area contributed by atoms with E-state index in [1.54, 1.807) is 16.9 Å². The zero-order valence-electron chi connectivity index (χ0n) is 11.1. The van der Waals surface area contributed by atoms with Gasteiger partial charge in [-0.2, -0.15) is 5.10 Å². The van der Waals surface area contributed by atoms with Crippen molar-refractivity contribution in [1.29, 1.82) is 0 Å². The van der Waals surface area contributed by atoms with Crippen molar-refractivity contribution >= 4 is 34.7 Å². The van der Waals surface area contributed by atoms with Crippen molar-refractivity contribution in [2.75, 3.05) is 5.32 Å². The molecule has 106 valence electrons. The van der Waals surface area contributed by atoms with E-state index in [1.165, 1.54) is 6.20 Å². The van der Waals surface area contributed by atoms with Crippen molar-refractivity contribution in [3.63, 3.8) is 0 Å². The van der Waals surface area contributed by atoms with E-state index in [9.17, 15) is 0 Å². The summed E-state index contributed by atoms with van der Waals surface area (Å²) >= 11 is 11.9. The van der Waals surface area contributed by atoms with E-state index in [0.29, 0.717) is 15.9 Å². The topological polar surface area (TPSA) is 55.6 Å². The molecule has 0 saturated carbocycles. The lowest BCUT2D eigenvalue weighted by Crippen LogP contribution is -1.97. The lowest BCUT2D eigenvalue weighted by molar-refractivity contribution is 0.832. The maximum absolute atomic E-state index is 6.11. The van der Waals surface area contributed by atoms with Gasteiger partial charge in [-0.3, -0.25) is 0 Å². The summed E-state index contributed by atoms with van der Waals surface area (Å²) in [6.45, 7) is 1.89. The highest BCUT2D eigenvalue weighted by molar-refractivity contribution is 6.36. The number of hydrogen-bond donors (Lipinski definition) is 1. The fraction of sp³-hybridized carbons (Fsp3) is 0.0714. The normalized spacial score (nSPS) is 10.6. The molecule has 0 unspecified atom stereocenters. The van der Waals surface area contributed by atoms with Crippen LogP contribution in [-0.2, 0) is 0 Å². The van der Waals surface area contributed by atoms with Crippen molar-refractivity contribution < 1.29 is 0 Å². The largest absolute Gasteiger partial charge is 0.336 e. The van der Waals surface area contributed by atoms with Gasteiger partial charge in [0.1, 0.15) is 5.82 Å². The second-order valence-corrected chi connectivity index (χ2v) is 5.21. The van der Waals surface area contributed by atoms with Gasteiger partial charge < -0.3 is 5.32 Å². The summed E-state index contributed by atoms with van der Waals surface area (Å²) in [5, 5.41) is 8.51. The molecule has 0 aliphatic carbocycles. The smallest absolute Gasteiger partial charge is 0.153 e. The van der Waals surface area contributed by atoms with E-state index in [2.05, 4.69) is 20.4 Å². The molecule has 0 aliphatic heterocycles. The summed E-state index contributed by atoms with van der Waals surface area (Å²) in [4.78, 5) is 8.42. The van der Waals surface area contributed by atoms with Gasteiger partial charge in [-0.05, 0) is 25.1 Å². The molecule has 0 atom stereocenters. The zero-order chi connectivity index (χ0) is 14.8. The second kappa shape index (κ2) is 5.71. The van der Waals surface area contributed by atoms with Crippen LogP contribution in [0, 0.1) is 6.92 Å². The minimum absolute atomic E-state index is 0.451. The molecule has 3 aromatic heterocycles. The Labute approximate surface area is 131 Å². The highest BCUT2D eigenvalue weighted by atomic mass is 35.5. The molecular formula is C14H11Cl2N5. The van der Waals surface area contributed by atoms with E-state index in [0.717, 1.165) is 17.2 Å². The summed E-state index contributed by atoms with van der Waals surface area (Å²) in [6.07, 6.45) is 5.09. The van der Waals surface area contributed by atoms with Crippen molar-refractivity contribution in [1.82, 2.24) is 19.7 Å². The summed E-state index contributed by atoms with van der Waals surface area (Å²) in [5.41, 5.74) is 1.62. The number of nitrogens with one attached hydrogen (secondary N) is 1. The van der Waals surface area contributed by atoms with Crippen LogP contribution in [0.5, 0.6) is 0 Å². The summed E-state index contributed by atoms with van der Waals surface area (Å²) in [7, 11) is 0. The molecule has 0 aliphatic rings. The van der Waals surface area contributed by atoms with Crippen molar-refractivity contribution in [2.45, 2.75) is 6.92 Å².